The van der Waals surface area contributed by atoms with Gasteiger partial charge in [-0.15, -0.1) is 0 Å². The van der Waals surface area contributed by atoms with Crippen LogP contribution in [-0.2, 0) is 6.54 Å². The standard InChI is InChI=1S/C15H23N3O/c1-19-15-5-3-2-4-13(15)12-17-6-8-18(9-7-17)14-10-16-11-14/h2-5,14,16H,6-12H2,1H3. The van der Waals surface area contributed by atoms with Crippen LogP contribution in [0.15, 0.2) is 24.3 Å². The Morgan fingerprint density at radius 2 is 1.89 bits per heavy atom. The maximum absolute atomic E-state index is 5.43. The van der Waals surface area contributed by atoms with E-state index in [4.69, 9.17) is 4.74 Å². The van der Waals surface area contributed by atoms with Gasteiger partial charge in [-0.05, 0) is 6.07 Å². The van der Waals surface area contributed by atoms with E-state index in [9.17, 15) is 0 Å². The molecule has 104 valence electrons. The number of nitrogens with one attached hydrogen (secondary N) is 1. The summed E-state index contributed by atoms with van der Waals surface area (Å²) < 4.78 is 5.43. The van der Waals surface area contributed by atoms with Crippen LogP contribution in [0.25, 0.3) is 0 Å². The minimum absolute atomic E-state index is 0.786. The number of hydrogen-bond acceptors (Lipinski definition) is 4. The molecule has 0 saturated carbocycles. The number of hydrogen-bond donors (Lipinski definition) is 1. The number of nitrogens with zero attached hydrogens (tertiary/aromatic N) is 2. The Hall–Kier alpha value is -1.10. The van der Waals surface area contributed by atoms with Gasteiger partial charge in [-0.2, -0.15) is 0 Å². The number of ether oxygens (including phenoxy) is 1. The molecule has 3 rings (SSSR count). The first-order chi connectivity index (χ1) is 9.36. The molecular weight excluding hydrogens is 238 g/mol. The smallest absolute Gasteiger partial charge is 0.123 e. The molecule has 0 aromatic heterocycles. The van der Waals surface area contributed by atoms with Crippen molar-refractivity contribution in [3.05, 3.63) is 29.8 Å². The van der Waals surface area contributed by atoms with E-state index in [1.165, 1.54) is 31.7 Å². The topological polar surface area (TPSA) is 27.7 Å². The molecule has 1 N–H and O–H groups in total. The zero-order chi connectivity index (χ0) is 13.1. The number of benzene rings is 1. The molecule has 0 aliphatic carbocycles. The van der Waals surface area contributed by atoms with Gasteiger partial charge in [0.2, 0.25) is 0 Å². The lowest BCUT2D eigenvalue weighted by atomic mass is 10.1. The van der Waals surface area contributed by atoms with Gasteiger partial charge in [-0.1, -0.05) is 18.2 Å². The van der Waals surface area contributed by atoms with Crippen LogP contribution < -0.4 is 10.1 Å². The molecule has 19 heavy (non-hydrogen) atoms. The first-order valence-corrected chi connectivity index (χ1v) is 7.16. The van der Waals surface area contributed by atoms with Gasteiger partial charge in [0, 0.05) is 57.4 Å². The highest BCUT2D eigenvalue weighted by Crippen LogP contribution is 2.20. The molecule has 0 atom stereocenters. The van der Waals surface area contributed by atoms with Crippen LogP contribution in [0.2, 0.25) is 0 Å². The van der Waals surface area contributed by atoms with Crippen LogP contribution in [0, 0.1) is 0 Å². The fraction of sp³-hybridized carbons (Fsp3) is 0.600. The van der Waals surface area contributed by atoms with Crippen molar-refractivity contribution in [1.82, 2.24) is 15.1 Å². The first-order valence-electron chi connectivity index (χ1n) is 7.16. The number of para-hydroxylation sites is 1. The zero-order valence-electron chi connectivity index (χ0n) is 11.6. The Kier molecular flexibility index (Phi) is 4.01. The SMILES string of the molecule is COc1ccccc1CN1CCN(C2CNC2)CC1. The van der Waals surface area contributed by atoms with E-state index in [1.54, 1.807) is 7.11 Å². The summed E-state index contributed by atoms with van der Waals surface area (Å²) >= 11 is 0. The summed E-state index contributed by atoms with van der Waals surface area (Å²) in [6, 6.07) is 9.12. The van der Waals surface area contributed by atoms with E-state index in [2.05, 4.69) is 27.2 Å². The minimum atomic E-state index is 0.786. The van der Waals surface area contributed by atoms with Crippen molar-refractivity contribution >= 4 is 0 Å². The molecule has 0 unspecified atom stereocenters. The molecule has 4 heteroatoms. The average Bonchev–Trinajstić information content (AvgIpc) is 2.40. The third kappa shape index (κ3) is 2.91. The Bertz CT molecular complexity index is 412. The van der Waals surface area contributed by atoms with Gasteiger partial charge in [-0.3, -0.25) is 9.80 Å². The molecule has 0 bridgehead atoms. The van der Waals surface area contributed by atoms with Gasteiger partial charge in [0.15, 0.2) is 0 Å². The van der Waals surface area contributed by atoms with Crippen molar-refractivity contribution in [2.45, 2.75) is 12.6 Å². The highest BCUT2D eigenvalue weighted by molar-refractivity contribution is 5.33. The average molecular weight is 261 g/mol. The summed E-state index contributed by atoms with van der Waals surface area (Å²) in [5, 5.41) is 3.35. The molecule has 2 heterocycles. The van der Waals surface area contributed by atoms with Gasteiger partial charge >= 0.3 is 0 Å². The lowest BCUT2D eigenvalue weighted by molar-refractivity contribution is 0.0692. The Balaban J connectivity index is 1.54. The number of piperazine rings is 1. The quantitative estimate of drug-likeness (QED) is 0.867. The molecule has 4 nitrogen and oxygen atoms in total. The van der Waals surface area contributed by atoms with Crippen molar-refractivity contribution in [2.75, 3.05) is 46.4 Å². The second-order valence-corrected chi connectivity index (χ2v) is 5.44. The van der Waals surface area contributed by atoms with E-state index in [1.807, 2.05) is 12.1 Å². The van der Waals surface area contributed by atoms with Crippen LogP contribution in [-0.4, -0.2) is 62.2 Å². The minimum Gasteiger partial charge on any atom is -0.496 e. The Labute approximate surface area is 115 Å². The van der Waals surface area contributed by atoms with Crippen LogP contribution in [0.1, 0.15) is 5.56 Å². The molecule has 1 aromatic carbocycles. The van der Waals surface area contributed by atoms with E-state index < -0.39 is 0 Å². The predicted octanol–water partition coefficient (Wildman–Crippen LogP) is 0.785. The molecule has 1 aromatic rings. The first kappa shape index (κ1) is 12.9. The third-order valence-electron chi connectivity index (χ3n) is 4.27. The second kappa shape index (κ2) is 5.90. The van der Waals surface area contributed by atoms with Gasteiger partial charge in [0.1, 0.15) is 5.75 Å². The summed E-state index contributed by atoms with van der Waals surface area (Å²) in [6.07, 6.45) is 0. The van der Waals surface area contributed by atoms with E-state index >= 15 is 0 Å². The summed E-state index contributed by atoms with van der Waals surface area (Å²) in [5.41, 5.74) is 1.30. The summed E-state index contributed by atoms with van der Waals surface area (Å²) in [7, 11) is 1.75. The van der Waals surface area contributed by atoms with Crippen LogP contribution in [0.3, 0.4) is 0 Å². The largest absolute Gasteiger partial charge is 0.496 e. The highest BCUT2D eigenvalue weighted by atomic mass is 16.5. The maximum Gasteiger partial charge on any atom is 0.123 e. The van der Waals surface area contributed by atoms with Gasteiger partial charge in [-0.25, -0.2) is 0 Å². The molecule has 2 aliphatic heterocycles. The molecule has 0 radical (unpaired) electrons. The zero-order valence-corrected chi connectivity index (χ0v) is 11.6. The van der Waals surface area contributed by atoms with Gasteiger partial charge < -0.3 is 10.1 Å². The van der Waals surface area contributed by atoms with Gasteiger partial charge in [0.25, 0.3) is 0 Å². The van der Waals surface area contributed by atoms with Crippen LogP contribution in [0.5, 0.6) is 5.75 Å². The Morgan fingerprint density at radius 3 is 2.53 bits per heavy atom. The fourth-order valence-corrected chi connectivity index (χ4v) is 2.89. The molecule has 2 saturated heterocycles. The van der Waals surface area contributed by atoms with Crippen LogP contribution in [0.4, 0.5) is 0 Å². The van der Waals surface area contributed by atoms with Crippen LogP contribution >= 0.6 is 0 Å². The summed E-state index contributed by atoms with van der Waals surface area (Å²) in [6.45, 7) is 8.06. The van der Waals surface area contributed by atoms with Crippen molar-refractivity contribution < 1.29 is 4.74 Å². The Morgan fingerprint density at radius 1 is 1.16 bits per heavy atom. The summed E-state index contributed by atoms with van der Waals surface area (Å²) in [5.74, 6) is 1.01. The lowest BCUT2D eigenvalue weighted by Crippen LogP contribution is -2.61. The fourth-order valence-electron chi connectivity index (χ4n) is 2.89. The lowest BCUT2D eigenvalue weighted by Gasteiger charge is -2.43. The predicted molar refractivity (Wildman–Crippen MR) is 76.5 cm³/mol. The van der Waals surface area contributed by atoms with E-state index in [-0.39, 0.29) is 0 Å². The number of methoxy groups -OCH3 is 1. The second-order valence-electron chi connectivity index (χ2n) is 5.44. The maximum atomic E-state index is 5.43. The molecule has 2 aliphatic rings. The summed E-state index contributed by atoms with van der Waals surface area (Å²) in [4.78, 5) is 5.15. The highest BCUT2D eigenvalue weighted by Gasteiger charge is 2.27. The van der Waals surface area contributed by atoms with Crippen molar-refractivity contribution in [1.29, 1.82) is 0 Å². The third-order valence-corrected chi connectivity index (χ3v) is 4.27. The van der Waals surface area contributed by atoms with Crippen molar-refractivity contribution in [3.63, 3.8) is 0 Å². The normalized spacial score (nSPS) is 22.2. The van der Waals surface area contributed by atoms with Gasteiger partial charge in [0.05, 0.1) is 7.11 Å². The van der Waals surface area contributed by atoms with E-state index in [0.29, 0.717) is 0 Å². The van der Waals surface area contributed by atoms with Crippen molar-refractivity contribution in [3.8, 4) is 5.75 Å². The van der Waals surface area contributed by atoms with Crippen molar-refractivity contribution in [2.24, 2.45) is 0 Å². The molecular formula is C15H23N3O. The molecule has 0 spiro atoms. The molecule has 2 fully saturated rings. The van der Waals surface area contributed by atoms with E-state index in [0.717, 1.165) is 31.4 Å². The number of rotatable bonds is 4. The monoisotopic (exact) mass is 261 g/mol. The molecule has 0 amide bonds.